The first kappa shape index (κ1) is 22.9. The van der Waals surface area contributed by atoms with Gasteiger partial charge in [-0.15, -0.1) is 0 Å². The van der Waals surface area contributed by atoms with E-state index in [1.54, 1.807) is 34.1 Å². The van der Waals surface area contributed by atoms with Gasteiger partial charge in [0.2, 0.25) is 5.91 Å². The van der Waals surface area contributed by atoms with E-state index < -0.39 is 6.17 Å². The van der Waals surface area contributed by atoms with Gasteiger partial charge in [0.15, 0.2) is 0 Å². The Morgan fingerprint density at radius 1 is 0.892 bits per heavy atom. The summed E-state index contributed by atoms with van der Waals surface area (Å²) in [5.74, 6) is -0.0163. The van der Waals surface area contributed by atoms with Gasteiger partial charge in [-0.1, -0.05) is 42.5 Å². The number of nitrogens with zero attached hydrogens (tertiary/aromatic N) is 4. The van der Waals surface area contributed by atoms with Crippen LogP contribution >= 0.6 is 0 Å². The molecule has 0 saturated heterocycles. The molecule has 0 saturated carbocycles. The first-order valence-electron chi connectivity index (χ1n) is 12.2. The van der Waals surface area contributed by atoms with Gasteiger partial charge < -0.3 is 19.9 Å². The van der Waals surface area contributed by atoms with Gasteiger partial charge in [0.1, 0.15) is 18.6 Å². The van der Waals surface area contributed by atoms with Crippen LogP contribution in [0.4, 0.5) is 5.69 Å². The average Bonchev–Trinajstić information content (AvgIpc) is 3.44. The van der Waals surface area contributed by atoms with Crippen LogP contribution in [0, 0.1) is 0 Å². The van der Waals surface area contributed by atoms with Crippen molar-refractivity contribution < 1.29 is 19.5 Å². The summed E-state index contributed by atoms with van der Waals surface area (Å²) in [5.41, 5.74) is 4.05. The molecule has 1 aromatic heterocycles. The van der Waals surface area contributed by atoms with Crippen LogP contribution in [0.2, 0.25) is 0 Å². The second kappa shape index (κ2) is 9.18. The maximum absolute atomic E-state index is 13.5. The minimum absolute atomic E-state index is 0.0894. The minimum atomic E-state index is -0.580. The highest BCUT2D eigenvalue weighted by Gasteiger charge is 2.47. The molecule has 186 valence electrons. The monoisotopic (exact) mass is 495 g/mol. The van der Waals surface area contributed by atoms with Crippen LogP contribution in [-0.2, 0) is 17.9 Å². The Labute approximate surface area is 212 Å². The quantitative estimate of drug-likeness (QED) is 0.410. The summed E-state index contributed by atoms with van der Waals surface area (Å²) < 4.78 is 1.89. The molecule has 6 rings (SSSR count). The minimum Gasteiger partial charge on any atom is -0.388 e. The molecular weight excluding hydrogens is 470 g/mol. The van der Waals surface area contributed by atoms with Crippen molar-refractivity contribution in [2.75, 3.05) is 18.0 Å². The van der Waals surface area contributed by atoms with Crippen LogP contribution < -0.4 is 10.2 Å². The summed E-state index contributed by atoms with van der Waals surface area (Å²) in [4.78, 5) is 47.2. The van der Waals surface area contributed by atoms with Gasteiger partial charge in [-0.25, -0.2) is 4.98 Å². The zero-order valence-corrected chi connectivity index (χ0v) is 20.0. The molecule has 1 atom stereocenters. The predicted octanol–water partition coefficient (Wildman–Crippen LogP) is 2.85. The molecule has 2 N–H and O–H groups in total. The van der Waals surface area contributed by atoms with Crippen molar-refractivity contribution >= 4 is 34.4 Å². The van der Waals surface area contributed by atoms with Gasteiger partial charge >= 0.3 is 0 Å². The number of aliphatic hydroxyl groups excluding tert-OH is 1. The topological polar surface area (TPSA) is 108 Å². The second-order valence-electron chi connectivity index (χ2n) is 9.08. The number of imidazole rings is 1. The highest BCUT2D eigenvalue weighted by Crippen LogP contribution is 2.45. The van der Waals surface area contributed by atoms with Crippen molar-refractivity contribution in [1.82, 2.24) is 19.8 Å². The molecule has 0 aliphatic carbocycles. The Morgan fingerprint density at radius 2 is 1.62 bits per heavy atom. The third kappa shape index (κ3) is 3.75. The molecule has 0 bridgehead atoms. The number of hydrogen-bond donors (Lipinski definition) is 2. The fraction of sp³-hybridized carbons (Fsp3) is 0.214. The first-order chi connectivity index (χ1) is 18.1. The molecular formula is C28H25N5O4. The zero-order chi connectivity index (χ0) is 25.5. The van der Waals surface area contributed by atoms with Crippen LogP contribution in [0.5, 0.6) is 0 Å². The predicted molar refractivity (Wildman–Crippen MR) is 137 cm³/mol. The zero-order valence-electron chi connectivity index (χ0n) is 20.0. The van der Waals surface area contributed by atoms with Crippen LogP contribution in [-0.4, -0.2) is 50.4 Å². The number of carbonyl (C=O) groups is 3. The summed E-state index contributed by atoms with van der Waals surface area (Å²) in [6.07, 6.45) is -0.491. The molecule has 3 heterocycles. The van der Waals surface area contributed by atoms with Gasteiger partial charge in [-0.3, -0.25) is 19.3 Å². The van der Waals surface area contributed by atoms with Crippen LogP contribution in [0.3, 0.4) is 0 Å². The van der Waals surface area contributed by atoms with E-state index in [4.69, 9.17) is 0 Å². The molecule has 3 amide bonds. The van der Waals surface area contributed by atoms with Gasteiger partial charge in [-0.2, -0.15) is 0 Å². The molecule has 37 heavy (non-hydrogen) atoms. The number of nitrogens with one attached hydrogen (secondary N) is 1. The molecule has 2 aliphatic heterocycles. The van der Waals surface area contributed by atoms with Crippen molar-refractivity contribution in [1.29, 1.82) is 0 Å². The Morgan fingerprint density at radius 3 is 2.46 bits per heavy atom. The Balaban J connectivity index is 1.17. The molecule has 0 radical (unpaired) electrons. The largest absolute Gasteiger partial charge is 0.388 e. The first-order valence-corrected chi connectivity index (χ1v) is 12.2. The maximum atomic E-state index is 13.5. The average molecular weight is 496 g/mol. The molecule has 4 aromatic rings. The summed E-state index contributed by atoms with van der Waals surface area (Å²) in [6, 6.07) is 22.0. The maximum Gasteiger partial charge on any atom is 0.260 e. The van der Waals surface area contributed by atoms with Crippen molar-refractivity contribution in [2.24, 2.45) is 0 Å². The fourth-order valence-corrected chi connectivity index (χ4v) is 5.31. The Hall–Kier alpha value is -4.50. The van der Waals surface area contributed by atoms with E-state index >= 15 is 0 Å². The molecule has 2 aliphatic rings. The van der Waals surface area contributed by atoms with E-state index in [2.05, 4.69) is 10.3 Å². The van der Waals surface area contributed by atoms with Crippen LogP contribution in [0.1, 0.15) is 44.7 Å². The normalized spacial score (nSPS) is 16.1. The number of aromatic nitrogens is 2. The lowest BCUT2D eigenvalue weighted by atomic mass is 10.0. The SMILES string of the molecule is O=C(CCN1C(=O)c2ccccc2N2C(=O)c3ccccc3[C@@H]12)NCCn1c(CO)nc2ccccc21. The molecule has 3 aromatic carbocycles. The molecule has 9 nitrogen and oxygen atoms in total. The number of rotatable bonds is 7. The van der Waals surface area contributed by atoms with Crippen LogP contribution in [0.25, 0.3) is 11.0 Å². The van der Waals surface area contributed by atoms with Crippen molar-refractivity contribution in [2.45, 2.75) is 25.7 Å². The molecule has 0 spiro atoms. The molecule has 0 unspecified atom stereocenters. The number of fused-ring (bicyclic) bond motifs is 6. The third-order valence-corrected chi connectivity index (χ3v) is 7.00. The third-order valence-electron chi connectivity index (χ3n) is 7.00. The second-order valence-corrected chi connectivity index (χ2v) is 9.08. The molecule has 0 fully saturated rings. The Bertz CT molecular complexity index is 1540. The number of carbonyl (C=O) groups excluding carboxylic acids is 3. The summed E-state index contributed by atoms with van der Waals surface area (Å²) in [6.45, 7) is 0.771. The summed E-state index contributed by atoms with van der Waals surface area (Å²) in [5, 5.41) is 12.6. The highest BCUT2D eigenvalue weighted by atomic mass is 16.3. The molecule has 9 heteroatoms. The van der Waals surface area contributed by atoms with Crippen molar-refractivity contribution in [3.63, 3.8) is 0 Å². The van der Waals surface area contributed by atoms with Gasteiger partial charge in [0.25, 0.3) is 11.8 Å². The lowest BCUT2D eigenvalue weighted by Gasteiger charge is -2.40. The van der Waals surface area contributed by atoms with Gasteiger partial charge in [-0.05, 0) is 30.3 Å². The lowest BCUT2D eigenvalue weighted by Crippen LogP contribution is -2.49. The van der Waals surface area contributed by atoms with E-state index in [-0.39, 0.29) is 37.3 Å². The summed E-state index contributed by atoms with van der Waals surface area (Å²) in [7, 11) is 0. The summed E-state index contributed by atoms with van der Waals surface area (Å²) >= 11 is 0. The van der Waals surface area contributed by atoms with Gasteiger partial charge in [0, 0.05) is 37.2 Å². The smallest absolute Gasteiger partial charge is 0.260 e. The van der Waals surface area contributed by atoms with E-state index in [9.17, 15) is 19.5 Å². The highest BCUT2D eigenvalue weighted by molar-refractivity contribution is 6.16. The van der Waals surface area contributed by atoms with Crippen LogP contribution in [0.15, 0.2) is 72.8 Å². The van der Waals surface area contributed by atoms with Crippen molar-refractivity contribution in [3.05, 3.63) is 95.3 Å². The van der Waals surface area contributed by atoms with E-state index in [0.717, 1.165) is 16.6 Å². The Kier molecular flexibility index (Phi) is 5.69. The standard InChI is InChI=1S/C28H25N5O4/c34-17-24-30-21-10-4-6-12-23(21)31(24)16-14-29-25(35)13-15-32-26-18-7-1-2-8-19(18)28(37)33(26)22-11-5-3-9-20(22)27(32)36/h1-12,26,34H,13-17H2,(H,29,35)/t26-/m0/s1. The fourth-order valence-electron chi connectivity index (χ4n) is 5.31. The number of hydrogen-bond acceptors (Lipinski definition) is 5. The number of aliphatic hydroxyl groups is 1. The number of amides is 3. The van der Waals surface area contributed by atoms with Gasteiger partial charge in [0.05, 0.1) is 22.3 Å². The van der Waals surface area contributed by atoms with Crippen molar-refractivity contribution in [3.8, 4) is 0 Å². The lowest BCUT2D eigenvalue weighted by molar-refractivity contribution is -0.121. The number of benzene rings is 3. The van der Waals surface area contributed by atoms with E-state index in [1.807, 2.05) is 53.1 Å². The van der Waals surface area contributed by atoms with E-state index in [1.165, 1.54) is 0 Å². The van der Waals surface area contributed by atoms with E-state index in [0.29, 0.717) is 35.7 Å². The number of para-hydroxylation sites is 3. The number of anilines is 1.